The SMILES string of the molecule is Cc1ccc(CNC(=O)c2cccc(N3C(=O)N4CCc5c([nH]c6ccccc56)C4(C)C3=O)c2)cc1. The number of carbonyl (C=O) groups excluding carboxylic acids is 3. The Morgan fingerprint density at radius 3 is 2.61 bits per heavy atom. The lowest BCUT2D eigenvalue weighted by atomic mass is 9.87. The van der Waals surface area contributed by atoms with E-state index in [1.165, 1.54) is 4.90 Å². The van der Waals surface area contributed by atoms with E-state index < -0.39 is 5.54 Å². The van der Waals surface area contributed by atoms with Crippen LogP contribution in [0.4, 0.5) is 10.5 Å². The second kappa shape index (κ2) is 8.09. The Kier molecular flexibility index (Phi) is 4.96. The standard InChI is InChI=1S/C29H26N4O3/c1-18-10-12-19(13-11-18)17-30-26(34)20-6-5-7-21(16-20)33-27(35)29(2)25-23(14-15-32(29)28(33)36)22-8-3-4-9-24(22)31-25/h3-13,16,31H,14-15,17H2,1-2H3,(H,30,34). The maximum Gasteiger partial charge on any atom is 0.332 e. The molecule has 2 N–H and O–H groups in total. The average molecular weight is 479 g/mol. The van der Waals surface area contributed by atoms with Gasteiger partial charge in [0.1, 0.15) is 0 Å². The maximum atomic E-state index is 13.9. The van der Waals surface area contributed by atoms with Crippen molar-refractivity contribution in [3.63, 3.8) is 0 Å². The fourth-order valence-electron chi connectivity index (χ4n) is 5.40. The monoisotopic (exact) mass is 478 g/mol. The highest BCUT2D eigenvalue weighted by Crippen LogP contribution is 2.45. The van der Waals surface area contributed by atoms with Gasteiger partial charge in [-0.1, -0.05) is 54.1 Å². The third-order valence-corrected chi connectivity index (χ3v) is 7.41. The molecule has 180 valence electrons. The van der Waals surface area contributed by atoms with Crippen molar-refractivity contribution >= 4 is 34.4 Å². The van der Waals surface area contributed by atoms with Gasteiger partial charge in [0.15, 0.2) is 5.54 Å². The Hall–Kier alpha value is -4.39. The van der Waals surface area contributed by atoms with E-state index in [1.54, 1.807) is 36.1 Å². The number of amides is 4. The largest absolute Gasteiger partial charge is 0.356 e. The summed E-state index contributed by atoms with van der Waals surface area (Å²) in [5.41, 5.74) is 4.60. The van der Waals surface area contributed by atoms with Gasteiger partial charge in [-0.3, -0.25) is 9.59 Å². The first-order valence-corrected chi connectivity index (χ1v) is 12.1. The van der Waals surface area contributed by atoms with Gasteiger partial charge >= 0.3 is 6.03 Å². The van der Waals surface area contributed by atoms with Crippen LogP contribution in [0.1, 0.15) is 39.7 Å². The molecule has 2 aliphatic rings. The van der Waals surface area contributed by atoms with Crippen molar-refractivity contribution < 1.29 is 14.4 Å². The number of fused-ring (bicyclic) bond motifs is 5. The van der Waals surface area contributed by atoms with Crippen LogP contribution < -0.4 is 10.2 Å². The predicted octanol–water partition coefficient (Wildman–Crippen LogP) is 4.65. The third-order valence-electron chi connectivity index (χ3n) is 7.41. The number of aromatic nitrogens is 1. The van der Waals surface area contributed by atoms with Crippen LogP contribution in [0.3, 0.4) is 0 Å². The minimum atomic E-state index is -1.13. The second-order valence-electron chi connectivity index (χ2n) is 9.64. The molecule has 0 bridgehead atoms. The van der Waals surface area contributed by atoms with E-state index in [2.05, 4.69) is 10.3 Å². The summed E-state index contributed by atoms with van der Waals surface area (Å²) >= 11 is 0. The zero-order valence-electron chi connectivity index (χ0n) is 20.2. The van der Waals surface area contributed by atoms with E-state index in [4.69, 9.17) is 0 Å². The fourth-order valence-corrected chi connectivity index (χ4v) is 5.40. The van der Waals surface area contributed by atoms with E-state index in [9.17, 15) is 14.4 Å². The van der Waals surface area contributed by atoms with Gasteiger partial charge in [0.05, 0.1) is 11.4 Å². The molecule has 2 aliphatic heterocycles. The molecule has 0 radical (unpaired) electrons. The number of nitrogens with zero attached hydrogens (tertiary/aromatic N) is 2. The zero-order valence-corrected chi connectivity index (χ0v) is 20.2. The summed E-state index contributed by atoms with van der Waals surface area (Å²) in [7, 11) is 0. The van der Waals surface area contributed by atoms with Crippen molar-refractivity contribution in [1.29, 1.82) is 0 Å². The molecule has 3 aromatic carbocycles. The quantitative estimate of drug-likeness (QED) is 0.419. The van der Waals surface area contributed by atoms with Gasteiger partial charge in [0.2, 0.25) is 0 Å². The van der Waals surface area contributed by atoms with E-state index in [-0.39, 0.29) is 17.8 Å². The molecule has 7 heteroatoms. The molecule has 36 heavy (non-hydrogen) atoms. The number of nitrogens with one attached hydrogen (secondary N) is 2. The number of aromatic amines is 1. The van der Waals surface area contributed by atoms with Gasteiger partial charge in [0, 0.05) is 29.6 Å². The minimum absolute atomic E-state index is 0.265. The molecule has 4 amide bonds. The molecule has 6 rings (SSSR count). The summed E-state index contributed by atoms with van der Waals surface area (Å²) in [6.45, 7) is 4.66. The summed E-state index contributed by atoms with van der Waals surface area (Å²) in [6, 6.07) is 22.2. The fraction of sp³-hybridized carbons (Fsp3) is 0.207. The lowest BCUT2D eigenvalue weighted by molar-refractivity contribution is -0.125. The number of rotatable bonds is 4. The normalized spacial score (nSPS) is 18.9. The van der Waals surface area contributed by atoms with E-state index in [0.29, 0.717) is 30.8 Å². The highest BCUT2D eigenvalue weighted by molar-refractivity contribution is 6.24. The molecular formula is C29H26N4O3. The number of anilines is 1. The first-order chi connectivity index (χ1) is 17.4. The van der Waals surface area contributed by atoms with Gasteiger partial charge in [-0.15, -0.1) is 0 Å². The van der Waals surface area contributed by atoms with Crippen molar-refractivity contribution in [2.24, 2.45) is 0 Å². The zero-order chi connectivity index (χ0) is 25.0. The molecule has 4 aromatic rings. The molecule has 7 nitrogen and oxygen atoms in total. The first-order valence-electron chi connectivity index (χ1n) is 12.1. The van der Waals surface area contributed by atoms with Crippen molar-refractivity contribution in [3.05, 3.63) is 101 Å². The molecule has 1 atom stereocenters. The Bertz CT molecular complexity index is 1540. The Morgan fingerprint density at radius 1 is 1.03 bits per heavy atom. The number of hydrogen-bond acceptors (Lipinski definition) is 3. The first kappa shape index (κ1) is 22.1. The number of hydrogen-bond donors (Lipinski definition) is 2. The van der Waals surface area contributed by atoms with Crippen LogP contribution in [-0.2, 0) is 23.3 Å². The number of benzene rings is 3. The maximum absolute atomic E-state index is 13.9. The molecule has 0 spiro atoms. The number of imide groups is 1. The summed E-state index contributed by atoms with van der Waals surface area (Å²) in [4.78, 5) is 46.5. The minimum Gasteiger partial charge on any atom is -0.356 e. The highest BCUT2D eigenvalue weighted by Gasteiger charge is 2.59. The van der Waals surface area contributed by atoms with Crippen LogP contribution in [0.15, 0.2) is 72.8 Å². The van der Waals surface area contributed by atoms with Crippen molar-refractivity contribution in [2.75, 3.05) is 11.4 Å². The number of urea groups is 1. The topological polar surface area (TPSA) is 85.5 Å². The lowest BCUT2D eigenvalue weighted by Gasteiger charge is -2.35. The van der Waals surface area contributed by atoms with Crippen LogP contribution in [0.25, 0.3) is 10.9 Å². The van der Waals surface area contributed by atoms with Crippen molar-refractivity contribution in [2.45, 2.75) is 32.4 Å². The molecule has 1 saturated heterocycles. The van der Waals surface area contributed by atoms with E-state index in [1.807, 2.05) is 55.5 Å². The Morgan fingerprint density at radius 2 is 1.81 bits per heavy atom. The number of aryl methyl sites for hydroxylation is 1. The summed E-state index contributed by atoms with van der Waals surface area (Å²) in [6.07, 6.45) is 0.670. The van der Waals surface area contributed by atoms with Gasteiger partial charge in [-0.2, -0.15) is 0 Å². The van der Waals surface area contributed by atoms with Gasteiger partial charge < -0.3 is 15.2 Å². The van der Waals surface area contributed by atoms with Crippen molar-refractivity contribution in [3.8, 4) is 0 Å². The van der Waals surface area contributed by atoms with Gasteiger partial charge in [-0.25, -0.2) is 9.69 Å². The van der Waals surface area contributed by atoms with Gasteiger partial charge in [-0.05, 0) is 55.7 Å². The second-order valence-corrected chi connectivity index (χ2v) is 9.64. The van der Waals surface area contributed by atoms with Crippen LogP contribution in [0.5, 0.6) is 0 Å². The smallest absolute Gasteiger partial charge is 0.332 e. The van der Waals surface area contributed by atoms with Crippen LogP contribution in [-0.4, -0.2) is 34.3 Å². The summed E-state index contributed by atoms with van der Waals surface area (Å²) in [5.74, 6) is -0.587. The number of carbonyl (C=O) groups is 3. The molecular weight excluding hydrogens is 452 g/mol. The summed E-state index contributed by atoms with van der Waals surface area (Å²) < 4.78 is 0. The Balaban J connectivity index is 1.30. The summed E-state index contributed by atoms with van der Waals surface area (Å²) in [5, 5.41) is 4.00. The van der Waals surface area contributed by atoms with E-state index >= 15 is 0 Å². The molecule has 0 saturated carbocycles. The third kappa shape index (κ3) is 3.23. The van der Waals surface area contributed by atoms with Crippen molar-refractivity contribution in [1.82, 2.24) is 15.2 Å². The van der Waals surface area contributed by atoms with Gasteiger partial charge in [0.25, 0.3) is 11.8 Å². The molecule has 3 heterocycles. The lowest BCUT2D eigenvalue weighted by Crippen LogP contribution is -2.49. The van der Waals surface area contributed by atoms with Crippen LogP contribution in [0, 0.1) is 6.92 Å². The average Bonchev–Trinajstić information content (AvgIpc) is 3.37. The number of para-hydroxylation sites is 1. The highest BCUT2D eigenvalue weighted by atomic mass is 16.2. The van der Waals surface area contributed by atoms with Crippen LogP contribution in [0.2, 0.25) is 0 Å². The Labute approximate surface area is 208 Å². The molecule has 0 aliphatic carbocycles. The van der Waals surface area contributed by atoms with E-state index in [0.717, 1.165) is 33.3 Å². The molecule has 1 fully saturated rings. The molecule has 1 aromatic heterocycles. The van der Waals surface area contributed by atoms with Crippen LogP contribution >= 0.6 is 0 Å². The molecule has 1 unspecified atom stereocenters. The number of H-pyrrole nitrogens is 1. The predicted molar refractivity (Wildman–Crippen MR) is 138 cm³/mol.